The number of nitrogens with one attached hydrogen (secondary N) is 1. The lowest BCUT2D eigenvalue weighted by atomic mass is 9.96. The molecule has 0 fully saturated rings. The Morgan fingerprint density at radius 3 is 2.47 bits per heavy atom. The number of likely N-dealkylation sites (N-methyl/N-ethyl adjacent to an activating group) is 1. The molecule has 0 aliphatic heterocycles. The fourth-order valence-corrected chi connectivity index (χ4v) is 2.36. The molecule has 1 rings (SSSR count). The number of hydrogen-bond donors (Lipinski definition) is 1. The van der Waals surface area contributed by atoms with Gasteiger partial charge in [0.2, 0.25) is 0 Å². The Morgan fingerprint density at radius 2 is 1.84 bits per heavy atom. The first-order valence-corrected chi connectivity index (χ1v) is 7.49. The average molecular weight is 284 g/mol. The number of hydrogen-bond acceptors (Lipinski definition) is 2. The van der Waals surface area contributed by atoms with Gasteiger partial charge in [-0.15, -0.1) is 0 Å². The second-order valence-corrected chi connectivity index (χ2v) is 5.77. The van der Waals surface area contributed by atoms with Crippen LogP contribution in [0.25, 0.3) is 0 Å². The highest BCUT2D eigenvalue weighted by molar-refractivity contribution is 6.31. The zero-order valence-electron chi connectivity index (χ0n) is 12.3. The highest BCUT2D eigenvalue weighted by Gasteiger charge is 2.13. The Morgan fingerprint density at radius 1 is 1.16 bits per heavy atom. The van der Waals surface area contributed by atoms with Crippen LogP contribution in [0.15, 0.2) is 24.3 Å². The van der Waals surface area contributed by atoms with E-state index in [1.54, 1.807) is 0 Å². The monoisotopic (exact) mass is 283 g/mol. The molecule has 0 radical (unpaired) electrons. The van der Waals surface area contributed by atoms with E-state index < -0.39 is 0 Å². The highest BCUT2D eigenvalue weighted by atomic mass is 35.5. The second-order valence-electron chi connectivity index (χ2n) is 5.36. The summed E-state index contributed by atoms with van der Waals surface area (Å²) < 4.78 is 5.71. The Balaban J connectivity index is 2.43. The highest BCUT2D eigenvalue weighted by Crippen LogP contribution is 2.26. The van der Waals surface area contributed by atoms with Crippen LogP contribution in [0.3, 0.4) is 0 Å². The molecule has 0 aliphatic rings. The van der Waals surface area contributed by atoms with Crippen LogP contribution < -0.4 is 5.32 Å². The molecular weight excluding hydrogens is 258 g/mol. The van der Waals surface area contributed by atoms with Crippen LogP contribution in [0.1, 0.15) is 38.2 Å². The van der Waals surface area contributed by atoms with Gasteiger partial charge in [-0.1, -0.05) is 43.6 Å². The lowest BCUT2D eigenvalue weighted by molar-refractivity contribution is 0.117. The third kappa shape index (κ3) is 6.42. The van der Waals surface area contributed by atoms with Crippen molar-refractivity contribution in [1.82, 2.24) is 5.32 Å². The summed E-state index contributed by atoms with van der Waals surface area (Å²) in [4.78, 5) is 0. The van der Waals surface area contributed by atoms with E-state index in [0.717, 1.165) is 37.6 Å². The van der Waals surface area contributed by atoms with Gasteiger partial charge in [-0.25, -0.2) is 0 Å². The lowest BCUT2D eigenvalue weighted by Crippen LogP contribution is -2.19. The zero-order valence-corrected chi connectivity index (χ0v) is 13.0. The van der Waals surface area contributed by atoms with Crippen LogP contribution in [-0.4, -0.2) is 26.8 Å². The molecule has 0 aromatic heterocycles. The van der Waals surface area contributed by atoms with Crippen molar-refractivity contribution in [3.05, 3.63) is 34.9 Å². The van der Waals surface area contributed by atoms with Crippen molar-refractivity contribution in [2.45, 2.75) is 32.6 Å². The fraction of sp³-hybridized carbons (Fsp3) is 0.625. The minimum atomic E-state index is 0.415. The van der Waals surface area contributed by atoms with Gasteiger partial charge in [-0.3, -0.25) is 0 Å². The Kier molecular flexibility index (Phi) is 8.11. The van der Waals surface area contributed by atoms with Crippen LogP contribution >= 0.6 is 11.6 Å². The molecule has 108 valence electrons. The van der Waals surface area contributed by atoms with E-state index in [4.69, 9.17) is 16.3 Å². The topological polar surface area (TPSA) is 21.3 Å². The van der Waals surface area contributed by atoms with Crippen molar-refractivity contribution in [2.24, 2.45) is 5.92 Å². The largest absolute Gasteiger partial charge is 0.381 e. The van der Waals surface area contributed by atoms with E-state index in [2.05, 4.69) is 25.2 Å². The molecule has 0 amide bonds. The van der Waals surface area contributed by atoms with E-state index >= 15 is 0 Å². The predicted molar refractivity (Wildman–Crippen MR) is 83.0 cm³/mol. The molecule has 3 heteroatoms. The SMILES string of the molecule is CNCC(CCOCCC(C)C)c1ccccc1Cl. The number of benzene rings is 1. The van der Waals surface area contributed by atoms with E-state index in [-0.39, 0.29) is 0 Å². The average Bonchev–Trinajstić information content (AvgIpc) is 2.37. The summed E-state index contributed by atoms with van der Waals surface area (Å²) in [6, 6.07) is 8.09. The fourth-order valence-electron chi connectivity index (χ4n) is 2.07. The lowest BCUT2D eigenvalue weighted by Gasteiger charge is -2.18. The van der Waals surface area contributed by atoms with E-state index in [0.29, 0.717) is 11.8 Å². The summed E-state index contributed by atoms with van der Waals surface area (Å²) >= 11 is 6.27. The van der Waals surface area contributed by atoms with Crippen molar-refractivity contribution < 1.29 is 4.74 Å². The maximum Gasteiger partial charge on any atom is 0.0472 e. The molecule has 1 aromatic rings. The number of rotatable bonds is 9. The minimum absolute atomic E-state index is 0.415. The molecule has 19 heavy (non-hydrogen) atoms. The first-order valence-electron chi connectivity index (χ1n) is 7.12. The molecule has 1 atom stereocenters. The van der Waals surface area contributed by atoms with Crippen molar-refractivity contribution in [1.29, 1.82) is 0 Å². The molecule has 0 heterocycles. The summed E-state index contributed by atoms with van der Waals surface area (Å²) in [6.07, 6.45) is 2.13. The predicted octanol–water partition coefficient (Wildman–Crippen LogP) is 4.10. The van der Waals surface area contributed by atoms with Crippen LogP contribution in [0, 0.1) is 5.92 Å². The van der Waals surface area contributed by atoms with Crippen LogP contribution in [0.4, 0.5) is 0 Å². The van der Waals surface area contributed by atoms with Crippen molar-refractivity contribution in [2.75, 3.05) is 26.8 Å². The van der Waals surface area contributed by atoms with Crippen LogP contribution in [0.5, 0.6) is 0 Å². The van der Waals surface area contributed by atoms with E-state index in [1.807, 2.05) is 25.2 Å². The Hall–Kier alpha value is -0.570. The summed E-state index contributed by atoms with van der Waals surface area (Å²) in [7, 11) is 1.98. The molecule has 0 spiro atoms. The molecular formula is C16H26ClNO. The summed E-state index contributed by atoms with van der Waals surface area (Å²) in [5.41, 5.74) is 1.21. The van der Waals surface area contributed by atoms with Crippen molar-refractivity contribution in [3.8, 4) is 0 Å². The third-order valence-electron chi connectivity index (χ3n) is 3.25. The van der Waals surface area contributed by atoms with E-state index in [9.17, 15) is 0 Å². The Bertz CT molecular complexity index is 354. The smallest absolute Gasteiger partial charge is 0.0472 e. The van der Waals surface area contributed by atoms with Gasteiger partial charge in [0.05, 0.1) is 0 Å². The molecule has 0 aliphatic carbocycles. The van der Waals surface area contributed by atoms with Gasteiger partial charge in [-0.2, -0.15) is 0 Å². The normalized spacial score (nSPS) is 12.9. The second kappa shape index (κ2) is 9.35. The van der Waals surface area contributed by atoms with Crippen molar-refractivity contribution in [3.63, 3.8) is 0 Å². The standard InChI is InChI=1S/C16H26ClNO/c1-13(2)8-10-19-11-9-14(12-18-3)15-6-4-5-7-16(15)17/h4-7,13-14,18H,8-12H2,1-3H3. The van der Waals surface area contributed by atoms with Gasteiger partial charge in [0.25, 0.3) is 0 Å². The summed E-state index contributed by atoms with van der Waals surface area (Å²) in [5.74, 6) is 1.12. The molecule has 1 N–H and O–H groups in total. The zero-order chi connectivity index (χ0) is 14.1. The van der Waals surface area contributed by atoms with Crippen molar-refractivity contribution >= 4 is 11.6 Å². The minimum Gasteiger partial charge on any atom is -0.381 e. The van der Waals surface area contributed by atoms with Gasteiger partial charge < -0.3 is 10.1 Å². The molecule has 1 unspecified atom stereocenters. The molecule has 0 saturated heterocycles. The van der Waals surface area contributed by atoms with Gasteiger partial charge in [0.1, 0.15) is 0 Å². The van der Waals surface area contributed by atoms with E-state index in [1.165, 1.54) is 5.56 Å². The summed E-state index contributed by atoms with van der Waals surface area (Å²) in [6.45, 7) is 7.02. The Labute approximate surface area is 122 Å². The molecule has 2 nitrogen and oxygen atoms in total. The third-order valence-corrected chi connectivity index (χ3v) is 3.59. The number of halogens is 1. The molecule has 0 bridgehead atoms. The number of ether oxygens (including phenoxy) is 1. The quantitative estimate of drug-likeness (QED) is 0.689. The van der Waals surface area contributed by atoms with Gasteiger partial charge in [0.15, 0.2) is 0 Å². The first-order chi connectivity index (χ1) is 9.15. The van der Waals surface area contributed by atoms with Crippen LogP contribution in [-0.2, 0) is 4.74 Å². The van der Waals surface area contributed by atoms with Gasteiger partial charge in [0, 0.05) is 24.8 Å². The maximum atomic E-state index is 6.27. The van der Waals surface area contributed by atoms with Gasteiger partial charge >= 0.3 is 0 Å². The first kappa shape index (κ1) is 16.5. The molecule has 1 aromatic carbocycles. The van der Waals surface area contributed by atoms with Gasteiger partial charge in [-0.05, 0) is 43.4 Å². The molecule has 0 saturated carbocycles. The summed E-state index contributed by atoms with van der Waals surface area (Å²) in [5, 5.41) is 4.09. The van der Waals surface area contributed by atoms with Crippen LogP contribution in [0.2, 0.25) is 5.02 Å². The maximum absolute atomic E-state index is 6.27.